The largest absolute Gasteiger partial charge is 0.405 e. The highest BCUT2D eigenvalue weighted by Crippen LogP contribution is 2.16. The van der Waals surface area contributed by atoms with Crippen molar-refractivity contribution in [1.82, 2.24) is 9.88 Å². The van der Waals surface area contributed by atoms with Crippen LogP contribution in [0.3, 0.4) is 0 Å². The second-order valence-corrected chi connectivity index (χ2v) is 8.15. The van der Waals surface area contributed by atoms with E-state index in [1.54, 1.807) is 56.4 Å². The molecule has 8 nitrogen and oxygen atoms in total. The van der Waals surface area contributed by atoms with Gasteiger partial charge in [0.2, 0.25) is 5.91 Å². The summed E-state index contributed by atoms with van der Waals surface area (Å²) in [7, 11) is 0. The summed E-state index contributed by atoms with van der Waals surface area (Å²) in [5.74, 6) is -1.58. The Kier molecular flexibility index (Phi) is 8.42. The molecular weight excluding hydrogens is 459 g/mol. The molecule has 0 aliphatic rings. The normalized spacial score (nSPS) is 12.8. The lowest BCUT2D eigenvalue weighted by molar-refractivity contribution is -0.135. The SMILES string of the molecule is CCn1c(=C(C#N)C(=O)NCC(F)(F)F)sc(=CNc2cccc(NC(=O)C(C)C)c2)c1=O. The van der Waals surface area contributed by atoms with Crippen molar-refractivity contribution < 1.29 is 22.8 Å². The number of carbonyl (C=O) groups is 2. The molecule has 176 valence electrons. The smallest absolute Gasteiger partial charge is 0.360 e. The first-order valence-corrected chi connectivity index (χ1v) is 10.6. The molecule has 1 aromatic heterocycles. The van der Waals surface area contributed by atoms with Gasteiger partial charge in [0.15, 0.2) is 5.57 Å². The highest BCUT2D eigenvalue weighted by Gasteiger charge is 2.28. The van der Waals surface area contributed by atoms with Crippen molar-refractivity contribution in [3.8, 4) is 6.07 Å². The maximum atomic E-state index is 12.7. The monoisotopic (exact) mass is 481 g/mol. The Morgan fingerprint density at radius 2 is 1.94 bits per heavy atom. The van der Waals surface area contributed by atoms with E-state index in [4.69, 9.17) is 0 Å². The number of rotatable bonds is 7. The van der Waals surface area contributed by atoms with Gasteiger partial charge in [-0.15, -0.1) is 11.3 Å². The first kappa shape index (κ1) is 25.7. The zero-order chi connectivity index (χ0) is 24.8. The summed E-state index contributed by atoms with van der Waals surface area (Å²) in [6.45, 7) is 3.64. The molecule has 0 saturated heterocycles. The lowest BCUT2D eigenvalue weighted by Gasteiger charge is -2.09. The number of hydrogen-bond acceptors (Lipinski definition) is 6. The standard InChI is InChI=1S/C21H22F3N5O3S/c1-4-29-19(32)16(33-20(29)15(9-25)18(31)27-11-21(22,23)24)10-26-13-6-5-7-14(8-13)28-17(30)12(2)3/h5-8,10,12,26H,4,11H2,1-3H3,(H,27,31)(H,28,30). The van der Waals surface area contributed by atoms with Gasteiger partial charge in [-0.3, -0.25) is 19.0 Å². The van der Waals surface area contributed by atoms with Crippen LogP contribution in [0.15, 0.2) is 29.1 Å². The van der Waals surface area contributed by atoms with E-state index in [2.05, 4.69) is 10.6 Å². The number of halogens is 3. The first-order chi connectivity index (χ1) is 15.5. The van der Waals surface area contributed by atoms with Crippen LogP contribution in [0.2, 0.25) is 0 Å². The van der Waals surface area contributed by atoms with Gasteiger partial charge in [-0.05, 0) is 25.1 Å². The maximum Gasteiger partial charge on any atom is 0.405 e. The molecule has 0 bridgehead atoms. The Labute approximate surface area is 191 Å². The molecule has 0 atom stereocenters. The molecule has 12 heteroatoms. The van der Waals surface area contributed by atoms with Gasteiger partial charge in [0.1, 0.15) is 21.8 Å². The molecule has 0 radical (unpaired) electrons. The Balaban J connectivity index is 2.41. The van der Waals surface area contributed by atoms with Crippen molar-refractivity contribution in [3.05, 3.63) is 43.8 Å². The minimum absolute atomic E-state index is 0.0457. The van der Waals surface area contributed by atoms with E-state index in [0.717, 1.165) is 15.9 Å². The van der Waals surface area contributed by atoms with Gasteiger partial charge in [-0.1, -0.05) is 19.9 Å². The average molecular weight is 482 g/mol. The number of nitrogens with one attached hydrogen (secondary N) is 3. The number of aromatic nitrogens is 1. The summed E-state index contributed by atoms with van der Waals surface area (Å²) < 4.78 is 38.4. The number of benzene rings is 1. The van der Waals surface area contributed by atoms with Crippen LogP contribution < -0.4 is 30.7 Å². The third kappa shape index (κ3) is 6.95. The van der Waals surface area contributed by atoms with Gasteiger partial charge in [0.25, 0.3) is 11.5 Å². The Morgan fingerprint density at radius 1 is 1.27 bits per heavy atom. The van der Waals surface area contributed by atoms with Crippen LogP contribution in [-0.4, -0.2) is 29.1 Å². The number of nitrogens with zero attached hydrogens (tertiary/aromatic N) is 2. The molecule has 0 aliphatic heterocycles. The molecule has 2 rings (SSSR count). The van der Waals surface area contributed by atoms with Crippen molar-refractivity contribution in [2.45, 2.75) is 33.5 Å². The second kappa shape index (κ2) is 10.8. The second-order valence-electron chi connectivity index (χ2n) is 7.12. The number of hydrogen-bond donors (Lipinski definition) is 3. The first-order valence-electron chi connectivity index (χ1n) is 9.83. The van der Waals surface area contributed by atoms with Crippen molar-refractivity contribution in [2.75, 3.05) is 17.2 Å². The van der Waals surface area contributed by atoms with E-state index >= 15 is 0 Å². The molecule has 0 saturated carbocycles. The Morgan fingerprint density at radius 3 is 2.52 bits per heavy atom. The topological polar surface area (TPSA) is 116 Å². The van der Waals surface area contributed by atoms with Crippen LogP contribution in [0.5, 0.6) is 0 Å². The van der Waals surface area contributed by atoms with E-state index in [-0.39, 0.29) is 27.6 Å². The summed E-state index contributed by atoms with van der Waals surface area (Å²) in [6.07, 6.45) is -3.27. The minimum Gasteiger partial charge on any atom is -0.360 e. The van der Waals surface area contributed by atoms with Crippen molar-refractivity contribution in [2.24, 2.45) is 5.92 Å². The molecule has 33 heavy (non-hydrogen) atoms. The van der Waals surface area contributed by atoms with Crippen LogP contribution in [-0.2, 0) is 16.1 Å². The summed E-state index contributed by atoms with van der Waals surface area (Å²) in [4.78, 5) is 36.7. The van der Waals surface area contributed by atoms with Gasteiger partial charge in [-0.25, -0.2) is 0 Å². The fraction of sp³-hybridized carbons (Fsp3) is 0.333. The van der Waals surface area contributed by atoms with E-state index < -0.39 is 29.8 Å². The predicted octanol–water partition coefficient (Wildman–Crippen LogP) is 1.73. The molecule has 0 fully saturated rings. The van der Waals surface area contributed by atoms with Crippen LogP contribution in [0.1, 0.15) is 20.8 Å². The van der Waals surface area contributed by atoms with E-state index in [0.29, 0.717) is 11.4 Å². The fourth-order valence-electron chi connectivity index (χ4n) is 2.58. The molecule has 1 aromatic carbocycles. The molecule has 0 spiro atoms. The number of alkyl halides is 3. The summed E-state index contributed by atoms with van der Waals surface area (Å²) in [5, 5.41) is 16.7. The quantitative estimate of drug-likeness (QED) is 0.557. The van der Waals surface area contributed by atoms with Crippen molar-refractivity contribution >= 4 is 46.3 Å². The zero-order valence-corrected chi connectivity index (χ0v) is 18.9. The van der Waals surface area contributed by atoms with Gasteiger partial charge in [-0.2, -0.15) is 18.4 Å². The number of thiazole rings is 1. The van der Waals surface area contributed by atoms with Gasteiger partial charge in [0, 0.05) is 30.0 Å². The summed E-state index contributed by atoms with van der Waals surface area (Å²) in [6, 6.07) is 8.34. The van der Waals surface area contributed by atoms with Crippen LogP contribution in [0.4, 0.5) is 24.5 Å². The maximum absolute atomic E-state index is 12.7. The van der Waals surface area contributed by atoms with Crippen LogP contribution >= 0.6 is 11.3 Å². The molecule has 2 amide bonds. The van der Waals surface area contributed by atoms with E-state index in [1.165, 1.54) is 6.20 Å². The fourth-order valence-corrected chi connectivity index (χ4v) is 3.67. The highest BCUT2D eigenvalue weighted by atomic mass is 32.1. The molecule has 1 heterocycles. The van der Waals surface area contributed by atoms with E-state index in [1.807, 2.05) is 0 Å². The molecule has 0 unspecified atom stereocenters. The van der Waals surface area contributed by atoms with Gasteiger partial charge < -0.3 is 16.0 Å². The van der Waals surface area contributed by atoms with Crippen LogP contribution in [0, 0.1) is 17.2 Å². The summed E-state index contributed by atoms with van der Waals surface area (Å²) >= 11 is 0.804. The van der Waals surface area contributed by atoms with Crippen molar-refractivity contribution in [1.29, 1.82) is 5.26 Å². The number of carbonyl (C=O) groups excluding carboxylic acids is 2. The Hall–Kier alpha value is -3.59. The number of nitriles is 1. The third-order valence-corrected chi connectivity index (χ3v) is 5.38. The lowest BCUT2D eigenvalue weighted by Crippen LogP contribution is -2.37. The van der Waals surface area contributed by atoms with E-state index in [9.17, 15) is 32.8 Å². The van der Waals surface area contributed by atoms with Crippen LogP contribution in [0.25, 0.3) is 11.8 Å². The predicted molar refractivity (Wildman–Crippen MR) is 120 cm³/mol. The van der Waals surface area contributed by atoms with Crippen molar-refractivity contribution in [3.63, 3.8) is 0 Å². The molecule has 2 aromatic rings. The summed E-state index contributed by atoms with van der Waals surface area (Å²) in [5.41, 5.74) is 0.0135. The van der Waals surface area contributed by atoms with Gasteiger partial charge in [0.05, 0.1) is 0 Å². The Bertz CT molecular complexity index is 1260. The highest BCUT2D eigenvalue weighted by molar-refractivity contribution is 7.07. The third-order valence-electron chi connectivity index (χ3n) is 4.25. The number of anilines is 2. The molecule has 0 aliphatic carbocycles. The molecular formula is C21H22F3N5O3S. The molecule has 3 N–H and O–H groups in total. The average Bonchev–Trinajstić information content (AvgIpc) is 3.06. The minimum atomic E-state index is -4.64. The lowest BCUT2D eigenvalue weighted by atomic mass is 10.2. The number of amides is 2. The zero-order valence-electron chi connectivity index (χ0n) is 18.0. The van der Waals surface area contributed by atoms with Gasteiger partial charge >= 0.3 is 6.18 Å².